The molecule has 0 atom stereocenters. The minimum Gasteiger partial charge on any atom is -0.481 e. The van der Waals surface area contributed by atoms with Gasteiger partial charge in [0.1, 0.15) is 39.3 Å². The van der Waals surface area contributed by atoms with E-state index >= 15 is 0 Å². The third-order valence-corrected chi connectivity index (χ3v) is 3.43. The van der Waals surface area contributed by atoms with E-state index in [1.54, 1.807) is 12.1 Å². The van der Waals surface area contributed by atoms with Crippen LogP contribution < -0.4 is 15.0 Å². The lowest BCUT2D eigenvalue weighted by Gasteiger charge is -2.22. The second-order valence-corrected chi connectivity index (χ2v) is 4.94. The zero-order valence-corrected chi connectivity index (χ0v) is 11.2. The van der Waals surface area contributed by atoms with E-state index in [4.69, 9.17) is 4.74 Å². The first-order valence-corrected chi connectivity index (χ1v) is 6.70. The van der Waals surface area contributed by atoms with Crippen molar-refractivity contribution in [2.75, 3.05) is 39.3 Å². The Balaban J connectivity index is 1.89. The van der Waals surface area contributed by atoms with Crippen LogP contribution in [0.2, 0.25) is 0 Å². The van der Waals surface area contributed by atoms with Crippen molar-refractivity contribution in [2.24, 2.45) is 0 Å². The molecule has 6 nitrogen and oxygen atoms in total. The Labute approximate surface area is 112 Å². The van der Waals surface area contributed by atoms with Gasteiger partial charge >= 0.3 is 5.69 Å². The number of hydrogen-bond acceptors (Lipinski definition) is 3. The summed E-state index contributed by atoms with van der Waals surface area (Å²) in [6.45, 7) is 7.85. The average molecular weight is 267 g/mol. The number of nitro benzene ring substituents is 1. The SMILES string of the molecule is Cc1ccc(OCC[NH+]2CC[NH2+]CC2)c([N+](=O)[O-])c1. The number of benzene rings is 1. The van der Waals surface area contributed by atoms with Crippen LogP contribution in [-0.2, 0) is 0 Å². The Bertz CT molecular complexity index is 445. The summed E-state index contributed by atoms with van der Waals surface area (Å²) in [5.41, 5.74) is 0.929. The zero-order valence-electron chi connectivity index (χ0n) is 11.2. The van der Waals surface area contributed by atoms with Gasteiger partial charge in [0.2, 0.25) is 0 Å². The van der Waals surface area contributed by atoms with Crippen LogP contribution in [0.5, 0.6) is 5.75 Å². The minimum absolute atomic E-state index is 0.0574. The van der Waals surface area contributed by atoms with Gasteiger partial charge in [0.15, 0.2) is 5.75 Å². The van der Waals surface area contributed by atoms with Crippen molar-refractivity contribution in [3.05, 3.63) is 33.9 Å². The highest BCUT2D eigenvalue weighted by Crippen LogP contribution is 2.27. The van der Waals surface area contributed by atoms with Gasteiger partial charge in [-0.05, 0) is 18.6 Å². The van der Waals surface area contributed by atoms with Crippen molar-refractivity contribution < 1.29 is 19.9 Å². The predicted molar refractivity (Wildman–Crippen MR) is 70.6 cm³/mol. The molecule has 6 heteroatoms. The Morgan fingerprint density at radius 3 is 2.84 bits per heavy atom. The van der Waals surface area contributed by atoms with Crippen molar-refractivity contribution in [1.82, 2.24) is 0 Å². The number of nitro groups is 1. The molecule has 1 aromatic carbocycles. The molecule has 1 aliphatic heterocycles. The Morgan fingerprint density at radius 2 is 2.16 bits per heavy atom. The Morgan fingerprint density at radius 1 is 1.42 bits per heavy atom. The van der Waals surface area contributed by atoms with Crippen LogP contribution in [0.4, 0.5) is 5.69 Å². The van der Waals surface area contributed by atoms with Crippen molar-refractivity contribution in [3.63, 3.8) is 0 Å². The smallest absolute Gasteiger partial charge is 0.311 e. The van der Waals surface area contributed by atoms with Gasteiger partial charge in [-0.3, -0.25) is 10.1 Å². The highest BCUT2D eigenvalue weighted by Gasteiger charge is 2.18. The van der Waals surface area contributed by atoms with Gasteiger partial charge in [-0.2, -0.15) is 0 Å². The molecule has 0 aliphatic carbocycles. The van der Waals surface area contributed by atoms with Gasteiger partial charge in [0, 0.05) is 6.07 Å². The number of nitrogens with one attached hydrogen (secondary N) is 1. The number of aryl methyl sites for hydroxylation is 1. The van der Waals surface area contributed by atoms with Crippen LogP contribution in [0.15, 0.2) is 18.2 Å². The van der Waals surface area contributed by atoms with E-state index in [1.165, 1.54) is 4.90 Å². The molecule has 0 bridgehead atoms. The summed E-state index contributed by atoms with van der Waals surface area (Å²) in [6.07, 6.45) is 0. The van der Waals surface area contributed by atoms with E-state index in [0.717, 1.165) is 38.3 Å². The maximum atomic E-state index is 11.0. The second-order valence-electron chi connectivity index (χ2n) is 4.94. The molecule has 1 fully saturated rings. The topological polar surface area (TPSA) is 73.4 Å². The minimum atomic E-state index is -0.384. The zero-order chi connectivity index (χ0) is 13.7. The number of rotatable bonds is 5. The molecule has 1 saturated heterocycles. The molecule has 104 valence electrons. The summed E-state index contributed by atoms with van der Waals surface area (Å²) < 4.78 is 5.58. The van der Waals surface area contributed by atoms with Crippen LogP contribution in [0.25, 0.3) is 0 Å². The lowest BCUT2D eigenvalue weighted by atomic mass is 10.2. The summed E-state index contributed by atoms with van der Waals surface area (Å²) in [7, 11) is 0. The number of ether oxygens (including phenoxy) is 1. The maximum absolute atomic E-state index is 11.0. The van der Waals surface area contributed by atoms with Crippen molar-refractivity contribution in [3.8, 4) is 5.75 Å². The lowest BCUT2D eigenvalue weighted by Crippen LogP contribution is -3.20. The quantitative estimate of drug-likeness (QED) is 0.517. The number of piperazine rings is 1. The highest BCUT2D eigenvalue weighted by molar-refractivity contribution is 5.48. The van der Waals surface area contributed by atoms with Gasteiger partial charge in [-0.1, -0.05) is 6.07 Å². The molecule has 0 aromatic heterocycles. The van der Waals surface area contributed by atoms with E-state index in [-0.39, 0.29) is 10.6 Å². The summed E-state index contributed by atoms with van der Waals surface area (Å²) >= 11 is 0. The molecule has 1 heterocycles. The van der Waals surface area contributed by atoms with Crippen LogP contribution in [0.1, 0.15) is 5.56 Å². The fourth-order valence-electron chi connectivity index (χ4n) is 2.33. The maximum Gasteiger partial charge on any atom is 0.311 e. The van der Waals surface area contributed by atoms with E-state index in [0.29, 0.717) is 12.4 Å². The first-order chi connectivity index (χ1) is 9.16. The summed E-state index contributed by atoms with van der Waals surface area (Å²) in [5.74, 6) is 0.374. The van der Waals surface area contributed by atoms with Crippen molar-refractivity contribution in [1.29, 1.82) is 0 Å². The number of nitrogens with two attached hydrogens (primary N) is 1. The second kappa shape index (κ2) is 6.49. The van der Waals surface area contributed by atoms with Crippen LogP contribution >= 0.6 is 0 Å². The van der Waals surface area contributed by atoms with Crippen LogP contribution in [0.3, 0.4) is 0 Å². The Kier molecular flexibility index (Phi) is 4.70. The molecule has 0 spiro atoms. The molecule has 0 saturated carbocycles. The highest BCUT2D eigenvalue weighted by atomic mass is 16.6. The molecule has 0 amide bonds. The normalized spacial score (nSPS) is 16.3. The van der Waals surface area contributed by atoms with Gasteiger partial charge < -0.3 is 15.0 Å². The largest absolute Gasteiger partial charge is 0.481 e. The van der Waals surface area contributed by atoms with E-state index in [2.05, 4.69) is 5.32 Å². The number of nitrogens with zero attached hydrogens (tertiary/aromatic N) is 1. The molecule has 3 N–H and O–H groups in total. The Hall–Kier alpha value is -1.66. The monoisotopic (exact) mass is 267 g/mol. The molecule has 2 rings (SSSR count). The van der Waals surface area contributed by atoms with Crippen molar-refractivity contribution in [2.45, 2.75) is 6.92 Å². The lowest BCUT2D eigenvalue weighted by molar-refractivity contribution is -0.946. The summed E-state index contributed by atoms with van der Waals surface area (Å²) in [6, 6.07) is 5.08. The molecule has 1 aromatic rings. The standard InChI is InChI=1S/C13H19N3O3/c1-11-2-3-13(12(10-11)16(17)18)19-9-8-15-6-4-14-5-7-15/h2-3,10,14H,4-9H2,1H3/p+2. The third kappa shape index (κ3) is 3.90. The molecule has 0 unspecified atom stereocenters. The van der Waals surface area contributed by atoms with Crippen LogP contribution in [-0.4, -0.2) is 44.3 Å². The van der Waals surface area contributed by atoms with Crippen LogP contribution in [0, 0.1) is 17.0 Å². The molecule has 0 radical (unpaired) electrons. The van der Waals surface area contributed by atoms with Crippen molar-refractivity contribution >= 4 is 5.69 Å². The van der Waals surface area contributed by atoms with Gasteiger partial charge in [-0.25, -0.2) is 0 Å². The van der Waals surface area contributed by atoms with E-state index in [9.17, 15) is 10.1 Å². The molecular weight excluding hydrogens is 246 g/mol. The summed E-state index contributed by atoms with van der Waals surface area (Å²) in [5, 5.41) is 13.3. The van der Waals surface area contributed by atoms with Gasteiger partial charge in [0.25, 0.3) is 0 Å². The third-order valence-electron chi connectivity index (χ3n) is 3.43. The fraction of sp³-hybridized carbons (Fsp3) is 0.538. The fourth-order valence-corrected chi connectivity index (χ4v) is 2.33. The number of quaternary nitrogens is 2. The summed E-state index contributed by atoms with van der Waals surface area (Å²) in [4.78, 5) is 12.1. The van der Waals surface area contributed by atoms with Gasteiger partial charge in [-0.15, -0.1) is 0 Å². The molecule has 1 aliphatic rings. The first kappa shape index (κ1) is 13.8. The first-order valence-electron chi connectivity index (χ1n) is 6.70. The molecular formula is C13H21N3O3+2. The van der Waals surface area contributed by atoms with E-state index < -0.39 is 0 Å². The predicted octanol–water partition coefficient (Wildman–Crippen LogP) is -1.26. The number of hydrogen-bond donors (Lipinski definition) is 2. The average Bonchev–Trinajstić information content (AvgIpc) is 2.41. The van der Waals surface area contributed by atoms with E-state index in [1.807, 2.05) is 13.0 Å². The van der Waals surface area contributed by atoms with Gasteiger partial charge in [0.05, 0.1) is 4.92 Å². The molecule has 19 heavy (non-hydrogen) atoms.